The molecular weight excluding hydrogens is 494 g/mol. The van der Waals surface area contributed by atoms with Gasteiger partial charge < -0.3 is 14.6 Å². The highest BCUT2D eigenvalue weighted by Gasteiger charge is 2.72. The summed E-state index contributed by atoms with van der Waals surface area (Å²) < 4.78 is 185. The van der Waals surface area contributed by atoms with Gasteiger partial charge in [0.15, 0.2) is 6.29 Å². The van der Waals surface area contributed by atoms with Crippen LogP contribution in [0, 0.1) is 0 Å². The second kappa shape index (κ2) is 10.4. The van der Waals surface area contributed by atoms with Crippen molar-refractivity contribution < 1.29 is 76.0 Å². The van der Waals surface area contributed by atoms with E-state index in [1.807, 2.05) is 0 Å². The predicted molar refractivity (Wildman–Crippen MR) is 77.7 cm³/mol. The van der Waals surface area contributed by atoms with Gasteiger partial charge in [-0.1, -0.05) is 0 Å². The average Bonchev–Trinajstić information content (AvgIpc) is 2.55. The third kappa shape index (κ3) is 7.46. The molecule has 0 fully saturated rings. The van der Waals surface area contributed by atoms with E-state index in [1.165, 1.54) is 0 Å². The Kier molecular flexibility index (Phi) is 10.1. The molecule has 0 aliphatic rings. The molecule has 0 saturated heterocycles. The number of rotatable bonds is 11. The van der Waals surface area contributed by atoms with E-state index in [2.05, 4.69) is 9.47 Å². The predicted octanol–water partition coefficient (Wildman–Crippen LogP) is 5.95. The molecule has 1 N–H and O–H groups in total. The zero-order chi connectivity index (χ0) is 25.8. The highest BCUT2D eigenvalue weighted by molar-refractivity contribution is 4.95. The number of halogens is 14. The first-order chi connectivity index (χ1) is 14.0. The number of hydrogen-bond acceptors (Lipinski definition) is 3. The molecule has 0 saturated carbocycles. The smallest absolute Gasteiger partial charge is 0.388 e. The highest BCUT2D eigenvalue weighted by Crippen LogP contribution is 2.50. The molecule has 0 aromatic heterocycles. The Labute approximate surface area is 171 Å². The largest absolute Gasteiger partial charge is 0.431 e. The van der Waals surface area contributed by atoms with Crippen molar-refractivity contribution in [3.05, 3.63) is 0 Å². The minimum atomic E-state index is -6.30. The fraction of sp³-hybridized carbons (Fsp3) is 1.00. The highest BCUT2D eigenvalue weighted by atomic mass is 19.4. The van der Waals surface area contributed by atoms with Gasteiger partial charge in [-0.2, -0.15) is 52.7 Å². The normalized spacial score (nSPS) is 16.0. The lowest BCUT2D eigenvalue weighted by molar-refractivity contribution is -0.344. The van der Waals surface area contributed by atoms with Gasteiger partial charge in [0.2, 0.25) is 0 Å². The summed E-state index contributed by atoms with van der Waals surface area (Å²) in [5, 5.41) is 9.33. The summed E-state index contributed by atoms with van der Waals surface area (Å²) in [4.78, 5) is 0. The minimum Gasteiger partial charge on any atom is -0.388 e. The van der Waals surface area contributed by atoms with Crippen LogP contribution in [-0.2, 0) is 9.47 Å². The van der Waals surface area contributed by atoms with E-state index in [0.717, 1.165) is 6.92 Å². The second-order valence-corrected chi connectivity index (χ2v) is 6.65. The van der Waals surface area contributed by atoms with Crippen LogP contribution >= 0.6 is 0 Å². The molecule has 1 unspecified atom stereocenters. The van der Waals surface area contributed by atoms with Crippen molar-refractivity contribution in [2.24, 2.45) is 0 Å². The molecule has 0 radical (unpaired) electrons. The van der Waals surface area contributed by atoms with Crippen molar-refractivity contribution >= 4 is 0 Å². The SMILES string of the molecule is CC(O)C(OCCCC(F)(C(F)(F)F)C(F)(F)F)OCCCC(F)(C(F)(F)F)C(F)(F)F. The lowest BCUT2D eigenvalue weighted by Gasteiger charge is -2.30. The summed E-state index contributed by atoms with van der Waals surface area (Å²) >= 11 is 0. The molecule has 0 bridgehead atoms. The number of hydrogen-bond donors (Lipinski definition) is 1. The summed E-state index contributed by atoms with van der Waals surface area (Å²) in [6, 6.07) is 0. The van der Waals surface area contributed by atoms with Gasteiger partial charge in [0.1, 0.15) is 6.10 Å². The van der Waals surface area contributed by atoms with E-state index in [-0.39, 0.29) is 0 Å². The van der Waals surface area contributed by atoms with E-state index in [0.29, 0.717) is 0 Å². The van der Waals surface area contributed by atoms with Gasteiger partial charge in [-0.05, 0) is 19.8 Å². The number of aliphatic hydroxyl groups excluding tert-OH is 1. The molecule has 0 aromatic rings. The fourth-order valence-corrected chi connectivity index (χ4v) is 2.25. The topological polar surface area (TPSA) is 38.7 Å². The van der Waals surface area contributed by atoms with Crippen LogP contribution in [0.25, 0.3) is 0 Å². The van der Waals surface area contributed by atoms with Crippen LogP contribution in [0.2, 0.25) is 0 Å². The molecular formula is C15H18F14O3. The maximum Gasteiger partial charge on any atom is 0.431 e. The van der Waals surface area contributed by atoms with E-state index < -0.39 is 87.3 Å². The maximum atomic E-state index is 13.4. The molecule has 0 aliphatic carbocycles. The molecule has 17 heteroatoms. The quantitative estimate of drug-likeness (QED) is 0.211. The molecule has 32 heavy (non-hydrogen) atoms. The summed E-state index contributed by atoms with van der Waals surface area (Å²) in [6.07, 6.45) is -35.5. The van der Waals surface area contributed by atoms with Crippen molar-refractivity contribution in [3.8, 4) is 0 Å². The standard InChI is InChI=1S/C15H18F14O3/c1-8(30)9(31-6-2-4-10(16,12(18,19)20)13(21,22)23)32-7-3-5-11(17,14(24,25)26)15(27,28)29/h8-9,30H,2-7H2,1H3. The molecule has 0 rings (SSSR count). The Morgan fingerprint density at radius 3 is 1.00 bits per heavy atom. The molecule has 1 atom stereocenters. The minimum absolute atomic E-state index is 0.889. The average molecular weight is 512 g/mol. The summed E-state index contributed by atoms with van der Waals surface area (Å²) in [5.74, 6) is 0. The summed E-state index contributed by atoms with van der Waals surface area (Å²) in [7, 11) is 0. The number of aliphatic hydroxyl groups is 1. The second-order valence-electron chi connectivity index (χ2n) is 6.65. The fourth-order valence-electron chi connectivity index (χ4n) is 2.25. The first kappa shape index (κ1) is 30.9. The van der Waals surface area contributed by atoms with Crippen molar-refractivity contribution in [1.29, 1.82) is 0 Å². The zero-order valence-corrected chi connectivity index (χ0v) is 16.0. The number of ether oxygens (including phenoxy) is 2. The Hall–Kier alpha value is -1.10. The van der Waals surface area contributed by atoms with Crippen LogP contribution < -0.4 is 0 Å². The Morgan fingerprint density at radius 2 is 0.812 bits per heavy atom. The molecule has 0 spiro atoms. The lowest BCUT2D eigenvalue weighted by atomic mass is 9.98. The van der Waals surface area contributed by atoms with Crippen LogP contribution in [0.5, 0.6) is 0 Å². The van der Waals surface area contributed by atoms with E-state index in [9.17, 15) is 66.6 Å². The van der Waals surface area contributed by atoms with E-state index in [4.69, 9.17) is 0 Å². The summed E-state index contributed by atoms with van der Waals surface area (Å²) in [6.45, 7) is -1.24. The molecule has 0 aliphatic heterocycles. The van der Waals surface area contributed by atoms with E-state index in [1.54, 1.807) is 0 Å². The van der Waals surface area contributed by atoms with Gasteiger partial charge in [-0.25, -0.2) is 8.78 Å². The van der Waals surface area contributed by atoms with Crippen molar-refractivity contribution in [2.45, 2.75) is 81.0 Å². The monoisotopic (exact) mass is 512 g/mol. The Bertz CT molecular complexity index is 490. The number of alkyl halides is 14. The van der Waals surface area contributed by atoms with Gasteiger partial charge in [0, 0.05) is 26.1 Å². The van der Waals surface area contributed by atoms with Crippen LogP contribution in [0.15, 0.2) is 0 Å². The molecule has 0 amide bonds. The molecule has 3 nitrogen and oxygen atoms in total. The van der Waals surface area contributed by atoms with E-state index >= 15 is 0 Å². The molecule has 194 valence electrons. The third-order valence-electron chi connectivity index (χ3n) is 4.09. The van der Waals surface area contributed by atoms with Gasteiger partial charge >= 0.3 is 24.7 Å². The van der Waals surface area contributed by atoms with Gasteiger partial charge in [-0.3, -0.25) is 0 Å². The van der Waals surface area contributed by atoms with Crippen LogP contribution in [-0.4, -0.2) is 66.8 Å². The van der Waals surface area contributed by atoms with Crippen molar-refractivity contribution in [1.82, 2.24) is 0 Å². The Morgan fingerprint density at radius 1 is 0.562 bits per heavy atom. The maximum absolute atomic E-state index is 13.4. The zero-order valence-electron chi connectivity index (χ0n) is 16.0. The molecule has 0 heterocycles. The Balaban J connectivity index is 4.81. The summed E-state index contributed by atoms with van der Waals surface area (Å²) in [5.41, 5.74) is -11.1. The van der Waals surface area contributed by atoms with Gasteiger partial charge in [0.25, 0.3) is 11.3 Å². The van der Waals surface area contributed by atoms with Crippen LogP contribution in [0.4, 0.5) is 61.5 Å². The van der Waals surface area contributed by atoms with Crippen LogP contribution in [0.1, 0.15) is 32.6 Å². The van der Waals surface area contributed by atoms with Crippen LogP contribution in [0.3, 0.4) is 0 Å². The van der Waals surface area contributed by atoms with Crippen molar-refractivity contribution in [2.75, 3.05) is 13.2 Å². The first-order valence-corrected chi connectivity index (χ1v) is 8.57. The van der Waals surface area contributed by atoms with Gasteiger partial charge in [-0.15, -0.1) is 0 Å². The first-order valence-electron chi connectivity index (χ1n) is 8.57. The third-order valence-corrected chi connectivity index (χ3v) is 4.09. The molecule has 0 aromatic carbocycles. The van der Waals surface area contributed by atoms with Crippen molar-refractivity contribution in [3.63, 3.8) is 0 Å². The van der Waals surface area contributed by atoms with Gasteiger partial charge in [0.05, 0.1) is 0 Å². The lowest BCUT2D eigenvalue weighted by Crippen LogP contribution is -2.53.